The molecule has 0 aliphatic rings. The van der Waals surface area contributed by atoms with Crippen molar-refractivity contribution in [2.45, 2.75) is 25.5 Å². The van der Waals surface area contributed by atoms with Gasteiger partial charge < -0.3 is 25.4 Å². The second kappa shape index (κ2) is 9.17. The zero-order valence-electron chi connectivity index (χ0n) is 14.4. The fraction of sp³-hybridized carbons (Fsp3) is 0.316. The average Bonchev–Trinajstić information content (AvgIpc) is 2.61. The van der Waals surface area contributed by atoms with E-state index in [1.54, 1.807) is 18.2 Å². The third-order valence-corrected chi connectivity index (χ3v) is 3.96. The summed E-state index contributed by atoms with van der Waals surface area (Å²) < 4.78 is 19.0. The number of ether oxygens (including phenoxy) is 1. The van der Waals surface area contributed by atoms with Gasteiger partial charge in [-0.25, -0.2) is 9.18 Å². The van der Waals surface area contributed by atoms with Crippen molar-refractivity contribution in [1.82, 2.24) is 5.32 Å². The van der Waals surface area contributed by atoms with Crippen LogP contribution >= 0.6 is 0 Å². The minimum Gasteiger partial charge on any atom is -0.508 e. The summed E-state index contributed by atoms with van der Waals surface area (Å²) in [6, 6.07) is 10.3. The molecule has 0 radical (unpaired) electrons. The minimum absolute atomic E-state index is 0.132. The SMILES string of the molecule is C[C@H](NCCc1ccc(OCC(=O)O)cc1F)[C@@H](O)c1ccc(O)cc1. The fourth-order valence-electron chi connectivity index (χ4n) is 2.47. The zero-order valence-corrected chi connectivity index (χ0v) is 14.4. The van der Waals surface area contributed by atoms with Crippen LogP contribution in [0.2, 0.25) is 0 Å². The molecular weight excluding hydrogens is 341 g/mol. The minimum atomic E-state index is -1.13. The number of hydrogen-bond acceptors (Lipinski definition) is 5. The number of benzene rings is 2. The Morgan fingerprint density at radius 2 is 1.92 bits per heavy atom. The molecule has 0 spiro atoms. The average molecular weight is 363 g/mol. The maximum atomic E-state index is 14.0. The Morgan fingerprint density at radius 3 is 2.54 bits per heavy atom. The van der Waals surface area contributed by atoms with Gasteiger partial charge in [0.1, 0.15) is 17.3 Å². The van der Waals surface area contributed by atoms with Gasteiger partial charge in [-0.05, 0) is 49.2 Å². The molecule has 7 heteroatoms. The summed E-state index contributed by atoms with van der Waals surface area (Å²) in [4.78, 5) is 10.4. The predicted octanol–water partition coefficient (Wildman–Crippen LogP) is 2.25. The molecule has 2 atom stereocenters. The number of hydrogen-bond donors (Lipinski definition) is 4. The van der Waals surface area contributed by atoms with E-state index < -0.39 is 24.5 Å². The zero-order chi connectivity index (χ0) is 19.1. The topological polar surface area (TPSA) is 99.0 Å². The Balaban J connectivity index is 1.84. The lowest BCUT2D eigenvalue weighted by molar-refractivity contribution is -0.139. The third-order valence-electron chi connectivity index (χ3n) is 3.96. The highest BCUT2D eigenvalue weighted by molar-refractivity contribution is 5.68. The normalized spacial score (nSPS) is 13.2. The molecule has 0 aromatic heterocycles. The van der Waals surface area contributed by atoms with Crippen molar-refractivity contribution in [3.05, 3.63) is 59.4 Å². The molecule has 0 amide bonds. The first kappa shape index (κ1) is 19.7. The number of carbonyl (C=O) groups is 1. The highest BCUT2D eigenvalue weighted by atomic mass is 19.1. The molecule has 2 aromatic rings. The number of aliphatic hydroxyl groups is 1. The summed E-state index contributed by atoms with van der Waals surface area (Å²) in [5.74, 6) is -1.30. The molecule has 0 saturated carbocycles. The first-order valence-corrected chi connectivity index (χ1v) is 8.20. The van der Waals surface area contributed by atoms with E-state index in [1.165, 1.54) is 18.2 Å². The van der Waals surface area contributed by atoms with E-state index in [0.717, 1.165) is 6.07 Å². The Morgan fingerprint density at radius 1 is 1.23 bits per heavy atom. The van der Waals surface area contributed by atoms with E-state index >= 15 is 0 Å². The molecule has 0 bridgehead atoms. The standard InChI is InChI=1S/C19H22FNO5/c1-12(19(25)14-2-5-15(22)6-3-14)21-9-8-13-4-7-16(10-17(13)20)26-11-18(23)24/h2-7,10,12,19,21-22,25H,8-9,11H2,1H3,(H,23,24)/t12-,19+/m0/s1. The number of carboxylic acid groups (broad SMARTS) is 1. The van der Waals surface area contributed by atoms with Crippen molar-refractivity contribution in [2.75, 3.05) is 13.2 Å². The summed E-state index contributed by atoms with van der Waals surface area (Å²) in [7, 11) is 0. The molecule has 26 heavy (non-hydrogen) atoms. The van der Waals surface area contributed by atoms with Gasteiger partial charge >= 0.3 is 5.97 Å². The predicted molar refractivity (Wildman–Crippen MR) is 93.8 cm³/mol. The van der Waals surface area contributed by atoms with E-state index in [0.29, 0.717) is 24.1 Å². The lowest BCUT2D eigenvalue weighted by atomic mass is 10.0. The van der Waals surface area contributed by atoms with Gasteiger partial charge in [0.15, 0.2) is 6.61 Å². The molecule has 4 N–H and O–H groups in total. The van der Waals surface area contributed by atoms with Gasteiger partial charge in [0.2, 0.25) is 0 Å². The van der Waals surface area contributed by atoms with E-state index in [9.17, 15) is 19.4 Å². The molecule has 0 aliphatic carbocycles. The maximum Gasteiger partial charge on any atom is 0.341 e. The molecule has 0 unspecified atom stereocenters. The van der Waals surface area contributed by atoms with Gasteiger partial charge in [-0.3, -0.25) is 0 Å². The van der Waals surface area contributed by atoms with Crippen LogP contribution in [0.1, 0.15) is 24.2 Å². The van der Waals surface area contributed by atoms with E-state index in [2.05, 4.69) is 5.32 Å². The van der Waals surface area contributed by atoms with E-state index in [4.69, 9.17) is 9.84 Å². The van der Waals surface area contributed by atoms with Crippen molar-refractivity contribution in [3.8, 4) is 11.5 Å². The maximum absolute atomic E-state index is 14.0. The Kier molecular flexibility index (Phi) is 6.94. The summed E-state index contributed by atoms with van der Waals surface area (Å²) in [6.07, 6.45) is -0.357. The second-order valence-electron chi connectivity index (χ2n) is 5.96. The van der Waals surface area contributed by atoms with Crippen LogP contribution in [-0.2, 0) is 11.2 Å². The van der Waals surface area contributed by atoms with Crippen molar-refractivity contribution >= 4 is 5.97 Å². The number of aliphatic hydroxyl groups excluding tert-OH is 1. The van der Waals surface area contributed by atoms with Gasteiger partial charge in [-0.1, -0.05) is 18.2 Å². The highest BCUT2D eigenvalue weighted by Crippen LogP contribution is 2.20. The van der Waals surface area contributed by atoms with E-state index in [1.807, 2.05) is 6.92 Å². The van der Waals surface area contributed by atoms with Crippen molar-refractivity contribution in [3.63, 3.8) is 0 Å². The van der Waals surface area contributed by atoms with Gasteiger partial charge in [-0.2, -0.15) is 0 Å². The van der Waals surface area contributed by atoms with E-state index in [-0.39, 0.29) is 17.5 Å². The Hall–Kier alpha value is -2.64. The highest BCUT2D eigenvalue weighted by Gasteiger charge is 2.16. The molecule has 0 heterocycles. The first-order chi connectivity index (χ1) is 12.4. The molecular formula is C19H22FNO5. The van der Waals surface area contributed by atoms with Crippen LogP contribution in [0.25, 0.3) is 0 Å². The summed E-state index contributed by atoms with van der Waals surface area (Å²) in [5, 5.41) is 31.3. The Labute approximate surface area is 150 Å². The number of aromatic hydroxyl groups is 1. The number of rotatable bonds is 9. The molecule has 2 aromatic carbocycles. The number of phenolic OH excluding ortho intramolecular Hbond substituents is 1. The first-order valence-electron chi connectivity index (χ1n) is 8.20. The van der Waals surface area contributed by atoms with Crippen LogP contribution in [-0.4, -0.2) is 40.5 Å². The molecule has 2 rings (SSSR count). The van der Waals surface area contributed by atoms with Gasteiger partial charge in [0, 0.05) is 12.1 Å². The molecule has 0 fully saturated rings. The summed E-state index contributed by atoms with van der Waals surface area (Å²) >= 11 is 0. The van der Waals surface area contributed by atoms with Crippen molar-refractivity contribution in [2.24, 2.45) is 0 Å². The third kappa shape index (κ3) is 5.72. The van der Waals surface area contributed by atoms with Crippen LogP contribution in [0, 0.1) is 5.82 Å². The van der Waals surface area contributed by atoms with Crippen molar-refractivity contribution < 1.29 is 29.2 Å². The summed E-state index contributed by atoms with van der Waals surface area (Å²) in [6.45, 7) is 1.74. The van der Waals surface area contributed by atoms with Crippen molar-refractivity contribution in [1.29, 1.82) is 0 Å². The fourth-order valence-corrected chi connectivity index (χ4v) is 2.47. The number of carboxylic acids is 1. The second-order valence-corrected chi connectivity index (χ2v) is 5.96. The summed E-state index contributed by atoms with van der Waals surface area (Å²) in [5.41, 5.74) is 1.14. The number of aliphatic carboxylic acids is 1. The lowest BCUT2D eigenvalue weighted by Gasteiger charge is -2.21. The largest absolute Gasteiger partial charge is 0.508 e. The van der Waals surface area contributed by atoms with Crippen LogP contribution in [0.4, 0.5) is 4.39 Å². The van der Waals surface area contributed by atoms with Crippen LogP contribution in [0.5, 0.6) is 11.5 Å². The molecule has 0 saturated heterocycles. The quantitative estimate of drug-likeness (QED) is 0.545. The van der Waals surface area contributed by atoms with Crippen LogP contribution in [0.3, 0.4) is 0 Å². The smallest absolute Gasteiger partial charge is 0.341 e. The van der Waals surface area contributed by atoms with Crippen LogP contribution < -0.4 is 10.1 Å². The number of phenols is 1. The molecule has 0 aliphatic heterocycles. The molecule has 140 valence electrons. The lowest BCUT2D eigenvalue weighted by Crippen LogP contribution is -2.33. The number of halogens is 1. The Bertz CT molecular complexity index is 735. The van der Waals surface area contributed by atoms with Gasteiger partial charge in [-0.15, -0.1) is 0 Å². The monoisotopic (exact) mass is 363 g/mol. The molecule has 6 nitrogen and oxygen atoms in total. The van der Waals surface area contributed by atoms with Gasteiger partial charge in [0.25, 0.3) is 0 Å². The van der Waals surface area contributed by atoms with Crippen LogP contribution in [0.15, 0.2) is 42.5 Å². The van der Waals surface area contributed by atoms with Gasteiger partial charge in [0.05, 0.1) is 6.10 Å². The number of nitrogens with one attached hydrogen (secondary N) is 1.